The molecule has 2 spiro atoms. The Kier molecular flexibility index (Phi) is 14.6. The first kappa shape index (κ1) is 32.0. The molecular formula is C31H58O6Si. The highest BCUT2D eigenvalue weighted by molar-refractivity contribution is 6.66. The minimum atomic E-state index is -2.73. The van der Waals surface area contributed by atoms with Gasteiger partial charge in [0, 0.05) is 32.1 Å². The number of hydrogen-bond donors (Lipinski definition) is 0. The fraction of sp³-hybridized carbons (Fsp3) is 0.968. The van der Waals surface area contributed by atoms with E-state index in [9.17, 15) is 4.79 Å². The minimum Gasteiger partial charge on any atom is -0.466 e. The van der Waals surface area contributed by atoms with Gasteiger partial charge in [-0.05, 0) is 51.6 Å². The summed E-state index contributed by atoms with van der Waals surface area (Å²) in [5.41, 5.74) is 0. The van der Waals surface area contributed by atoms with E-state index in [1.165, 1.54) is 89.9 Å². The van der Waals surface area contributed by atoms with Gasteiger partial charge in [0.05, 0.1) is 6.61 Å². The molecule has 0 radical (unpaired) electrons. The fourth-order valence-corrected chi connectivity index (χ4v) is 9.67. The predicted octanol–water partition coefficient (Wildman–Crippen LogP) is 9.40. The van der Waals surface area contributed by atoms with E-state index in [0.29, 0.717) is 19.4 Å². The van der Waals surface area contributed by atoms with E-state index in [-0.39, 0.29) is 5.97 Å². The predicted molar refractivity (Wildman–Crippen MR) is 154 cm³/mol. The third kappa shape index (κ3) is 11.6. The highest BCUT2D eigenvalue weighted by Gasteiger charge is 2.53. The Bertz CT molecular complexity index is 592. The smallest absolute Gasteiger partial charge is 0.339 e. The van der Waals surface area contributed by atoms with Gasteiger partial charge in [-0.15, -0.1) is 0 Å². The van der Waals surface area contributed by atoms with Crippen LogP contribution in [0.2, 0.25) is 12.6 Å². The van der Waals surface area contributed by atoms with Crippen LogP contribution in [-0.4, -0.2) is 32.7 Å². The van der Waals surface area contributed by atoms with Crippen molar-refractivity contribution in [1.29, 1.82) is 0 Å². The van der Waals surface area contributed by atoms with Gasteiger partial charge in [-0.3, -0.25) is 4.79 Å². The lowest BCUT2D eigenvalue weighted by Gasteiger charge is -2.38. The number of carbonyl (C=O) groups excluding carboxylic acids is 1. The number of ether oxygens (including phenoxy) is 1. The molecule has 0 amide bonds. The van der Waals surface area contributed by atoms with Gasteiger partial charge in [0.1, 0.15) is 0 Å². The summed E-state index contributed by atoms with van der Waals surface area (Å²) >= 11 is 0. The van der Waals surface area contributed by atoms with Crippen molar-refractivity contribution in [2.75, 3.05) is 6.61 Å². The van der Waals surface area contributed by atoms with Crippen LogP contribution in [0.4, 0.5) is 0 Å². The summed E-state index contributed by atoms with van der Waals surface area (Å²) in [6.07, 6.45) is 26.9. The zero-order valence-electron chi connectivity index (χ0n) is 24.8. The first-order valence-corrected chi connectivity index (χ1v) is 18.9. The fourth-order valence-electron chi connectivity index (χ4n) is 6.56. The Morgan fingerprint density at radius 1 is 0.632 bits per heavy atom. The summed E-state index contributed by atoms with van der Waals surface area (Å²) in [5.74, 6) is -1.61. The van der Waals surface area contributed by atoms with Crippen molar-refractivity contribution < 1.29 is 28.2 Å². The Hall–Kier alpha value is -0.473. The van der Waals surface area contributed by atoms with Crippen molar-refractivity contribution >= 4 is 14.5 Å². The maximum atomic E-state index is 12.1. The van der Waals surface area contributed by atoms with Crippen LogP contribution in [0.5, 0.6) is 0 Å². The molecule has 1 heterocycles. The van der Waals surface area contributed by atoms with Gasteiger partial charge < -0.3 is 13.6 Å². The van der Waals surface area contributed by atoms with Crippen LogP contribution in [0, 0.1) is 0 Å². The van der Waals surface area contributed by atoms with E-state index in [1.807, 2.05) is 6.92 Å². The average Bonchev–Trinajstić information content (AvgIpc) is 2.99. The average molecular weight is 555 g/mol. The molecule has 0 aromatic rings. The summed E-state index contributed by atoms with van der Waals surface area (Å²) in [6, 6.07) is 0.752. The monoisotopic (exact) mass is 554 g/mol. The molecule has 222 valence electrons. The molecule has 3 rings (SSSR count). The lowest BCUT2D eigenvalue weighted by molar-refractivity contribution is -0.472. The van der Waals surface area contributed by atoms with Crippen molar-refractivity contribution in [3.05, 3.63) is 0 Å². The van der Waals surface area contributed by atoms with Crippen molar-refractivity contribution in [2.24, 2.45) is 0 Å². The van der Waals surface area contributed by atoms with Crippen LogP contribution in [0.15, 0.2) is 0 Å². The highest BCUT2D eigenvalue weighted by atomic mass is 28.4. The molecule has 6 nitrogen and oxygen atoms in total. The van der Waals surface area contributed by atoms with Crippen LogP contribution < -0.4 is 0 Å². The van der Waals surface area contributed by atoms with Gasteiger partial charge in [0.25, 0.3) is 0 Å². The van der Waals surface area contributed by atoms with Crippen LogP contribution in [0.1, 0.15) is 161 Å². The summed E-state index contributed by atoms with van der Waals surface area (Å²) in [5, 5.41) is 0. The Labute approximate surface area is 234 Å². The molecule has 3 fully saturated rings. The van der Waals surface area contributed by atoms with E-state index in [2.05, 4.69) is 6.55 Å². The van der Waals surface area contributed by atoms with Gasteiger partial charge in [-0.1, -0.05) is 89.9 Å². The van der Waals surface area contributed by atoms with E-state index >= 15 is 0 Å². The number of hydrogen-bond acceptors (Lipinski definition) is 6. The third-order valence-corrected chi connectivity index (χ3v) is 11.6. The second-order valence-electron chi connectivity index (χ2n) is 12.3. The lowest BCUT2D eigenvalue weighted by Crippen LogP contribution is -2.50. The SMILES string of the molecule is CCOC(=O)CCC[Si]1(C)OC2(CCCCCCCCCCC2)OOC2(CCCCCCCCCCC2)O1. The van der Waals surface area contributed by atoms with Gasteiger partial charge in [-0.25, -0.2) is 0 Å². The van der Waals surface area contributed by atoms with Crippen molar-refractivity contribution in [2.45, 2.75) is 185 Å². The molecule has 0 aromatic heterocycles. The number of rotatable bonds is 5. The van der Waals surface area contributed by atoms with Crippen molar-refractivity contribution in [3.63, 3.8) is 0 Å². The summed E-state index contributed by atoms with van der Waals surface area (Å²) in [7, 11) is -2.73. The molecule has 0 atom stereocenters. The quantitative estimate of drug-likeness (QED) is 0.192. The minimum absolute atomic E-state index is 0.132. The maximum absolute atomic E-state index is 12.1. The van der Waals surface area contributed by atoms with Crippen molar-refractivity contribution in [3.8, 4) is 0 Å². The molecule has 0 aromatic carbocycles. The van der Waals surface area contributed by atoms with Crippen molar-refractivity contribution in [1.82, 2.24) is 0 Å². The second kappa shape index (κ2) is 17.4. The molecule has 2 saturated carbocycles. The third-order valence-electron chi connectivity index (χ3n) is 8.70. The summed E-state index contributed by atoms with van der Waals surface area (Å²) < 4.78 is 19.4. The van der Waals surface area contributed by atoms with Crippen LogP contribution in [0.3, 0.4) is 0 Å². The van der Waals surface area contributed by atoms with Gasteiger partial charge >= 0.3 is 14.5 Å². The first-order valence-electron chi connectivity index (χ1n) is 16.4. The zero-order valence-corrected chi connectivity index (χ0v) is 25.8. The Balaban J connectivity index is 1.80. The topological polar surface area (TPSA) is 63.2 Å². The van der Waals surface area contributed by atoms with Gasteiger partial charge in [0.2, 0.25) is 0 Å². The molecule has 1 aliphatic heterocycles. The normalized spacial score (nSPS) is 26.2. The van der Waals surface area contributed by atoms with Crippen LogP contribution in [0.25, 0.3) is 0 Å². The molecular weight excluding hydrogens is 496 g/mol. The molecule has 38 heavy (non-hydrogen) atoms. The lowest BCUT2D eigenvalue weighted by atomic mass is 9.97. The molecule has 0 bridgehead atoms. The molecule has 3 aliphatic rings. The highest BCUT2D eigenvalue weighted by Crippen LogP contribution is 2.44. The Morgan fingerprint density at radius 2 is 0.974 bits per heavy atom. The Morgan fingerprint density at radius 3 is 1.32 bits per heavy atom. The van der Waals surface area contributed by atoms with E-state index in [4.69, 9.17) is 23.4 Å². The molecule has 0 N–H and O–H groups in total. The van der Waals surface area contributed by atoms with Gasteiger partial charge in [0.15, 0.2) is 11.6 Å². The standard InChI is InChI=1S/C31H58O6Si/c1-3-33-29(32)23-22-28-38(2)36-30(24-18-14-10-6-4-7-11-15-19-25-30)34-35-31(37-38)26-20-16-12-8-5-9-13-17-21-27-31/h3-28H2,1-2H3. The maximum Gasteiger partial charge on any atom is 0.339 e. The first-order chi connectivity index (χ1) is 18.5. The van der Waals surface area contributed by atoms with E-state index < -0.39 is 20.1 Å². The summed E-state index contributed by atoms with van der Waals surface area (Å²) in [4.78, 5) is 25.2. The van der Waals surface area contributed by atoms with Crippen LogP contribution in [-0.2, 0) is 28.2 Å². The number of carbonyl (C=O) groups is 1. The van der Waals surface area contributed by atoms with E-state index in [0.717, 1.165) is 57.4 Å². The van der Waals surface area contributed by atoms with E-state index in [1.54, 1.807) is 0 Å². The summed E-state index contributed by atoms with van der Waals surface area (Å²) in [6.45, 7) is 4.49. The molecule has 2 aliphatic carbocycles. The molecule has 7 heteroatoms. The second-order valence-corrected chi connectivity index (χ2v) is 15.5. The molecule has 1 saturated heterocycles. The molecule has 0 unspecified atom stereocenters. The largest absolute Gasteiger partial charge is 0.466 e. The zero-order chi connectivity index (χ0) is 27.0. The number of esters is 1. The van der Waals surface area contributed by atoms with Crippen LogP contribution >= 0.6 is 0 Å². The van der Waals surface area contributed by atoms with Gasteiger partial charge in [-0.2, -0.15) is 9.78 Å².